The number of nitrogens with two attached hydrogens (primary N) is 1. The molecule has 0 bridgehead atoms. The fourth-order valence-corrected chi connectivity index (χ4v) is 0.841. The minimum Gasteiger partial charge on any atom is -0.394 e. The second-order valence-electron chi connectivity index (χ2n) is 3.24. The van der Waals surface area contributed by atoms with Gasteiger partial charge in [0.2, 0.25) is 0 Å². The zero-order valence-corrected chi connectivity index (χ0v) is 7.39. The van der Waals surface area contributed by atoms with Crippen LogP contribution in [0.5, 0.6) is 0 Å². The number of aromatic amines is 1. The van der Waals surface area contributed by atoms with E-state index in [0.717, 1.165) is 6.07 Å². The smallest absolute Gasteiger partial charge is 0.394 e. The number of alkyl halides is 3. The van der Waals surface area contributed by atoms with Crippen molar-refractivity contribution in [3.8, 4) is 0 Å². The summed E-state index contributed by atoms with van der Waals surface area (Å²) in [5.74, 6) is 0. The number of hydrogen-bond donors (Lipinski definition) is 3. The lowest BCUT2D eigenvalue weighted by Crippen LogP contribution is -2.37. The van der Waals surface area contributed by atoms with Gasteiger partial charge in [0, 0.05) is 0 Å². The van der Waals surface area contributed by atoms with E-state index in [0.29, 0.717) is 0 Å². The zero-order chi connectivity index (χ0) is 11.0. The number of aliphatic hydroxyl groups excluding tert-OH is 1. The maximum Gasteiger partial charge on any atom is 0.432 e. The molecular weight excluding hydrogens is 199 g/mol. The number of hydrogen-bond acceptors (Lipinski definition) is 3. The Morgan fingerprint density at radius 1 is 1.57 bits per heavy atom. The van der Waals surface area contributed by atoms with Crippen LogP contribution in [0.1, 0.15) is 18.3 Å². The molecule has 1 unspecified atom stereocenters. The summed E-state index contributed by atoms with van der Waals surface area (Å²) in [6.45, 7) is 0.915. The van der Waals surface area contributed by atoms with Crippen molar-refractivity contribution in [2.45, 2.75) is 18.6 Å². The van der Waals surface area contributed by atoms with E-state index in [1.807, 2.05) is 5.10 Å². The van der Waals surface area contributed by atoms with E-state index in [9.17, 15) is 13.2 Å². The molecule has 1 aromatic heterocycles. The minimum atomic E-state index is -4.48. The van der Waals surface area contributed by atoms with Crippen molar-refractivity contribution < 1.29 is 18.3 Å². The number of H-pyrrole nitrogens is 1. The van der Waals surface area contributed by atoms with Crippen LogP contribution < -0.4 is 5.73 Å². The van der Waals surface area contributed by atoms with Crippen molar-refractivity contribution in [2.24, 2.45) is 5.73 Å². The lowest BCUT2D eigenvalue weighted by atomic mass is 10.0. The van der Waals surface area contributed by atoms with Crippen LogP contribution in [0.4, 0.5) is 13.2 Å². The molecule has 1 heterocycles. The first kappa shape index (κ1) is 11.0. The van der Waals surface area contributed by atoms with E-state index in [1.165, 1.54) is 6.92 Å². The molecule has 0 saturated carbocycles. The molecule has 1 atom stereocenters. The lowest BCUT2D eigenvalue weighted by molar-refractivity contribution is -0.141. The molecule has 4 nitrogen and oxygen atoms in total. The minimum absolute atomic E-state index is 0.0210. The normalized spacial score (nSPS) is 16.7. The van der Waals surface area contributed by atoms with Crippen LogP contribution in [0.3, 0.4) is 0 Å². The molecule has 1 rings (SSSR count). The van der Waals surface area contributed by atoms with E-state index >= 15 is 0 Å². The highest BCUT2D eigenvalue weighted by molar-refractivity contribution is 5.18. The Labute approximate surface area is 77.9 Å². The van der Waals surface area contributed by atoms with Crippen molar-refractivity contribution in [1.82, 2.24) is 10.2 Å². The van der Waals surface area contributed by atoms with E-state index in [1.54, 1.807) is 0 Å². The van der Waals surface area contributed by atoms with Crippen molar-refractivity contribution in [2.75, 3.05) is 6.61 Å². The van der Waals surface area contributed by atoms with Crippen LogP contribution in [0, 0.1) is 0 Å². The molecule has 1 aromatic rings. The average Bonchev–Trinajstić information content (AvgIpc) is 2.51. The SMILES string of the molecule is CC(N)(CO)c1cc(C(F)(F)F)[nH]n1. The highest BCUT2D eigenvalue weighted by Gasteiger charge is 2.35. The van der Waals surface area contributed by atoms with Crippen molar-refractivity contribution in [1.29, 1.82) is 0 Å². The summed E-state index contributed by atoms with van der Waals surface area (Å²) in [7, 11) is 0. The van der Waals surface area contributed by atoms with E-state index in [-0.39, 0.29) is 5.69 Å². The van der Waals surface area contributed by atoms with Crippen molar-refractivity contribution in [3.05, 3.63) is 17.5 Å². The quantitative estimate of drug-likeness (QED) is 0.667. The summed E-state index contributed by atoms with van der Waals surface area (Å²) >= 11 is 0. The Bertz CT molecular complexity index is 318. The van der Waals surface area contributed by atoms with Gasteiger partial charge in [0.1, 0.15) is 5.69 Å². The molecule has 0 radical (unpaired) electrons. The largest absolute Gasteiger partial charge is 0.432 e. The first-order valence-corrected chi connectivity index (χ1v) is 3.80. The molecule has 0 fully saturated rings. The third-order valence-electron chi connectivity index (χ3n) is 1.80. The monoisotopic (exact) mass is 209 g/mol. The third kappa shape index (κ3) is 2.05. The highest BCUT2D eigenvalue weighted by Crippen LogP contribution is 2.29. The fourth-order valence-electron chi connectivity index (χ4n) is 0.841. The van der Waals surface area contributed by atoms with Gasteiger partial charge in [0.25, 0.3) is 0 Å². The number of rotatable bonds is 2. The summed E-state index contributed by atoms with van der Waals surface area (Å²) in [5.41, 5.74) is 3.23. The molecule has 0 aromatic carbocycles. The molecule has 4 N–H and O–H groups in total. The molecule has 0 aliphatic heterocycles. The molecule has 0 amide bonds. The predicted molar refractivity (Wildman–Crippen MR) is 42.2 cm³/mol. The molecule has 0 aliphatic rings. The van der Waals surface area contributed by atoms with Gasteiger partial charge in [-0.2, -0.15) is 18.3 Å². The molecule has 0 saturated heterocycles. The van der Waals surface area contributed by atoms with Gasteiger partial charge < -0.3 is 10.8 Å². The van der Waals surface area contributed by atoms with Crippen LogP contribution in [0.25, 0.3) is 0 Å². The van der Waals surface area contributed by atoms with Gasteiger partial charge in [-0.15, -0.1) is 0 Å². The maximum absolute atomic E-state index is 12.1. The predicted octanol–water partition coefficient (Wildman–Crippen LogP) is 0.595. The van der Waals surface area contributed by atoms with Crippen LogP contribution in [0.15, 0.2) is 6.07 Å². The standard InChI is InChI=1S/C7H10F3N3O/c1-6(11,3-14)4-2-5(13-12-4)7(8,9)10/h2,14H,3,11H2,1H3,(H,12,13). The van der Waals surface area contributed by atoms with Gasteiger partial charge in [-0.3, -0.25) is 5.10 Å². The van der Waals surface area contributed by atoms with E-state index in [4.69, 9.17) is 10.8 Å². The van der Waals surface area contributed by atoms with Gasteiger partial charge in [0.15, 0.2) is 0 Å². The number of aliphatic hydroxyl groups is 1. The first-order chi connectivity index (χ1) is 6.27. The van der Waals surface area contributed by atoms with Crippen LogP contribution in [0.2, 0.25) is 0 Å². The lowest BCUT2D eigenvalue weighted by Gasteiger charge is -2.17. The molecule has 14 heavy (non-hydrogen) atoms. The number of halogens is 3. The summed E-state index contributed by atoms with van der Waals surface area (Å²) in [4.78, 5) is 0. The van der Waals surface area contributed by atoms with E-state index < -0.39 is 24.0 Å². The number of nitrogens with one attached hydrogen (secondary N) is 1. The fraction of sp³-hybridized carbons (Fsp3) is 0.571. The highest BCUT2D eigenvalue weighted by atomic mass is 19.4. The Morgan fingerprint density at radius 3 is 2.50 bits per heavy atom. The summed E-state index contributed by atoms with van der Waals surface area (Å²) in [6.07, 6.45) is -4.48. The van der Waals surface area contributed by atoms with Gasteiger partial charge in [-0.25, -0.2) is 0 Å². The molecular formula is C7H10F3N3O. The van der Waals surface area contributed by atoms with Gasteiger partial charge in [-0.1, -0.05) is 0 Å². The third-order valence-corrected chi connectivity index (χ3v) is 1.80. The topological polar surface area (TPSA) is 74.9 Å². The van der Waals surface area contributed by atoms with Crippen molar-refractivity contribution >= 4 is 0 Å². The average molecular weight is 209 g/mol. The van der Waals surface area contributed by atoms with Crippen LogP contribution >= 0.6 is 0 Å². The first-order valence-electron chi connectivity index (χ1n) is 3.80. The van der Waals surface area contributed by atoms with Gasteiger partial charge in [0.05, 0.1) is 17.8 Å². The Balaban J connectivity index is 3.00. The van der Waals surface area contributed by atoms with Crippen LogP contribution in [-0.2, 0) is 11.7 Å². The number of aromatic nitrogens is 2. The second-order valence-corrected chi connectivity index (χ2v) is 3.24. The Morgan fingerprint density at radius 2 is 2.14 bits per heavy atom. The summed E-state index contributed by atoms with van der Waals surface area (Å²) in [6, 6.07) is 0.788. The molecule has 0 aliphatic carbocycles. The van der Waals surface area contributed by atoms with Crippen LogP contribution in [-0.4, -0.2) is 21.9 Å². The maximum atomic E-state index is 12.1. The number of nitrogens with zero attached hydrogens (tertiary/aromatic N) is 1. The molecule has 0 spiro atoms. The van der Waals surface area contributed by atoms with Crippen molar-refractivity contribution in [3.63, 3.8) is 0 Å². The van der Waals surface area contributed by atoms with Gasteiger partial charge in [-0.05, 0) is 13.0 Å². The molecule has 7 heteroatoms. The Hall–Kier alpha value is -1.08. The van der Waals surface area contributed by atoms with Gasteiger partial charge >= 0.3 is 6.18 Å². The summed E-state index contributed by atoms with van der Waals surface area (Å²) in [5, 5.41) is 14.0. The molecule has 80 valence electrons. The van der Waals surface area contributed by atoms with E-state index in [2.05, 4.69) is 5.10 Å². The Kier molecular flexibility index (Phi) is 2.55. The second kappa shape index (κ2) is 3.25. The zero-order valence-electron chi connectivity index (χ0n) is 7.39. The summed E-state index contributed by atoms with van der Waals surface area (Å²) < 4.78 is 36.4.